The molecule has 0 spiro atoms. The van der Waals surface area contributed by atoms with E-state index in [0.29, 0.717) is 12.6 Å². The van der Waals surface area contributed by atoms with Gasteiger partial charge < -0.3 is 5.32 Å². The summed E-state index contributed by atoms with van der Waals surface area (Å²) in [5, 5.41) is 3.34. The van der Waals surface area contributed by atoms with E-state index in [2.05, 4.69) is 22.9 Å². The van der Waals surface area contributed by atoms with Gasteiger partial charge in [0.1, 0.15) is 0 Å². The first-order chi connectivity index (χ1) is 7.45. The zero-order valence-electron chi connectivity index (χ0n) is 8.91. The quantitative estimate of drug-likeness (QED) is 0.732. The third kappa shape index (κ3) is 3.63. The van der Waals surface area contributed by atoms with Crippen molar-refractivity contribution in [3.63, 3.8) is 0 Å². The molecule has 2 N–H and O–H groups in total. The largest absolute Gasteiger partial charge is 0.315 e. The van der Waals surface area contributed by atoms with E-state index >= 15 is 0 Å². The van der Waals surface area contributed by atoms with Gasteiger partial charge >= 0.3 is 0 Å². The van der Waals surface area contributed by atoms with E-state index < -0.39 is 0 Å². The fraction of sp³-hybridized carbons (Fsp3) is 0.500. The molecule has 1 aliphatic heterocycles. The third-order valence-electron chi connectivity index (χ3n) is 2.63. The zero-order valence-corrected chi connectivity index (χ0v) is 8.91. The Hall–Kier alpha value is -0.900. The van der Waals surface area contributed by atoms with E-state index in [-0.39, 0.29) is 0 Å². The molecule has 0 aliphatic carbocycles. The lowest BCUT2D eigenvalue weighted by atomic mass is 10.1. The van der Waals surface area contributed by atoms with Crippen molar-refractivity contribution >= 4 is 0 Å². The summed E-state index contributed by atoms with van der Waals surface area (Å²) in [7, 11) is 0. The highest BCUT2D eigenvalue weighted by atomic mass is 16.6. The van der Waals surface area contributed by atoms with Crippen molar-refractivity contribution in [3.8, 4) is 0 Å². The topological polar surface area (TPSA) is 33.3 Å². The van der Waals surface area contributed by atoms with Gasteiger partial charge in [0.05, 0.1) is 6.61 Å². The van der Waals surface area contributed by atoms with Crippen LogP contribution in [0.2, 0.25) is 0 Å². The van der Waals surface area contributed by atoms with E-state index in [1.54, 1.807) is 0 Å². The summed E-state index contributed by atoms with van der Waals surface area (Å²) in [6, 6.07) is 10.7. The highest BCUT2D eigenvalue weighted by molar-refractivity contribution is 5.13. The minimum atomic E-state index is 0.461. The van der Waals surface area contributed by atoms with Crippen molar-refractivity contribution in [2.75, 3.05) is 13.1 Å². The van der Waals surface area contributed by atoms with Crippen LogP contribution < -0.4 is 10.8 Å². The van der Waals surface area contributed by atoms with Gasteiger partial charge in [-0.1, -0.05) is 30.3 Å². The van der Waals surface area contributed by atoms with Gasteiger partial charge in [0.25, 0.3) is 0 Å². The maximum absolute atomic E-state index is 5.47. The highest BCUT2D eigenvalue weighted by Gasteiger charge is 2.11. The molecule has 3 nitrogen and oxygen atoms in total. The second-order valence-electron chi connectivity index (χ2n) is 3.94. The Labute approximate surface area is 90.8 Å². The predicted molar refractivity (Wildman–Crippen MR) is 60.3 cm³/mol. The van der Waals surface area contributed by atoms with Gasteiger partial charge in [0.2, 0.25) is 0 Å². The first-order valence-electron chi connectivity index (χ1n) is 5.57. The number of nitrogens with one attached hydrogen (secondary N) is 2. The van der Waals surface area contributed by atoms with Gasteiger partial charge in [-0.25, -0.2) is 0 Å². The van der Waals surface area contributed by atoms with Crippen molar-refractivity contribution in [2.24, 2.45) is 0 Å². The minimum absolute atomic E-state index is 0.461. The molecule has 0 saturated carbocycles. The smallest absolute Gasteiger partial charge is 0.0933 e. The van der Waals surface area contributed by atoms with Crippen LogP contribution in [-0.4, -0.2) is 19.1 Å². The van der Waals surface area contributed by atoms with E-state index in [1.807, 2.05) is 18.2 Å². The lowest BCUT2D eigenvalue weighted by Crippen LogP contribution is -2.42. The normalized spacial score (nSPS) is 21.5. The molecule has 1 fully saturated rings. The van der Waals surface area contributed by atoms with Crippen LogP contribution in [0, 0.1) is 0 Å². The lowest BCUT2D eigenvalue weighted by Gasteiger charge is -2.23. The number of hydrogen-bond donors (Lipinski definition) is 2. The van der Waals surface area contributed by atoms with Gasteiger partial charge in [0.15, 0.2) is 0 Å². The maximum atomic E-state index is 5.47. The third-order valence-corrected chi connectivity index (χ3v) is 2.63. The van der Waals surface area contributed by atoms with Crippen LogP contribution in [0.4, 0.5) is 0 Å². The summed E-state index contributed by atoms with van der Waals surface area (Å²) in [6.07, 6.45) is 2.42. The van der Waals surface area contributed by atoms with Crippen molar-refractivity contribution in [1.82, 2.24) is 10.8 Å². The van der Waals surface area contributed by atoms with Crippen molar-refractivity contribution < 1.29 is 4.84 Å². The number of hydroxylamine groups is 1. The van der Waals surface area contributed by atoms with Gasteiger partial charge in [-0.3, -0.25) is 4.84 Å². The second-order valence-corrected chi connectivity index (χ2v) is 3.94. The van der Waals surface area contributed by atoms with Crippen LogP contribution in [0.5, 0.6) is 0 Å². The average Bonchev–Trinajstić information content (AvgIpc) is 2.32. The molecule has 15 heavy (non-hydrogen) atoms. The Morgan fingerprint density at radius 2 is 2.20 bits per heavy atom. The Bertz CT molecular complexity index is 270. The number of benzene rings is 1. The van der Waals surface area contributed by atoms with E-state index in [1.165, 1.54) is 18.4 Å². The van der Waals surface area contributed by atoms with Crippen LogP contribution in [0.15, 0.2) is 30.3 Å². The fourth-order valence-electron chi connectivity index (χ4n) is 1.77. The molecule has 1 aromatic rings. The highest BCUT2D eigenvalue weighted by Crippen LogP contribution is 2.03. The molecule has 3 heteroatoms. The van der Waals surface area contributed by atoms with Crippen LogP contribution >= 0.6 is 0 Å². The van der Waals surface area contributed by atoms with Crippen LogP contribution in [0.1, 0.15) is 18.4 Å². The molecular formula is C12H18N2O. The molecule has 1 atom stereocenters. The molecule has 0 radical (unpaired) electrons. The molecular weight excluding hydrogens is 188 g/mol. The summed E-state index contributed by atoms with van der Waals surface area (Å²) in [6.45, 7) is 2.78. The Morgan fingerprint density at radius 1 is 1.33 bits per heavy atom. The number of piperidine rings is 1. The van der Waals surface area contributed by atoms with E-state index in [9.17, 15) is 0 Å². The molecule has 0 aromatic heterocycles. The van der Waals surface area contributed by atoms with Crippen LogP contribution in [0.3, 0.4) is 0 Å². The molecule has 1 aliphatic rings. The predicted octanol–water partition coefficient (Wildman–Crippen LogP) is 1.46. The van der Waals surface area contributed by atoms with Gasteiger partial charge in [0, 0.05) is 12.6 Å². The van der Waals surface area contributed by atoms with Crippen LogP contribution in [0.25, 0.3) is 0 Å². The SMILES string of the molecule is c1ccc(CON[C@@H]2CCCNC2)cc1. The molecule has 1 aromatic carbocycles. The van der Waals surface area contributed by atoms with Crippen LogP contribution in [-0.2, 0) is 11.4 Å². The molecule has 0 amide bonds. The maximum Gasteiger partial charge on any atom is 0.0933 e. The minimum Gasteiger partial charge on any atom is -0.315 e. The van der Waals surface area contributed by atoms with Crippen molar-refractivity contribution in [2.45, 2.75) is 25.5 Å². The lowest BCUT2D eigenvalue weighted by molar-refractivity contribution is -0.00146. The number of rotatable bonds is 4. The second kappa shape index (κ2) is 5.85. The molecule has 1 saturated heterocycles. The summed E-state index contributed by atoms with van der Waals surface area (Å²) in [4.78, 5) is 5.47. The standard InChI is InChI=1S/C12H18N2O/c1-2-5-11(6-3-1)10-15-14-12-7-4-8-13-9-12/h1-3,5-6,12-14H,4,7-10H2/t12-/m1/s1. The summed E-state index contributed by atoms with van der Waals surface area (Å²) < 4.78 is 0. The molecule has 82 valence electrons. The van der Waals surface area contributed by atoms with Gasteiger partial charge in [-0.05, 0) is 24.9 Å². The molecule has 0 unspecified atom stereocenters. The van der Waals surface area contributed by atoms with E-state index in [0.717, 1.165) is 13.1 Å². The Kier molecular flexibility index (Phi) is 4.14. The first-order valence-corrected chi connectivity index (χ1v) is 5.57. The van der Waals surface area contributed by atoms with Gasteiger partial charge in [-0.2, -0.15) is 5.48 Å². The molecule has 1 heterocycles. The van der Waals surface area contributed by atoms with Crippen molar-refractivity contribution in [3.05, 3.63) is 35.9 Å². The Balaban J connectivity index is 1.66. The monoisotopic (exact) mass is 206 g/mol. The Morgan fingerprint density at radius 3 is 2.93 bits per heavy atom. The van der Waals surface area contributed by atoms with Gasteiger partial charge in [-0.15, -0.1) is 0 Å². The number of hydrogen-bond acceptors (Lipinski definition) is 3. The zero-order chi connectivity index (χ0) is 10.3. The average molecular weight is 206 g/mol. The summed E-state index contributed by atoms with van der Waals surface area (Å²) in [5.74, 6) is 0. The first kappa shape index (κ1) is 10.6. The fourth-order valence-corrected chi connectivity index (χ4v) is 1.77. The van der Waals surface area contributed by atoms with Crippen molar-refractivity contribution in [1.29, 1.82) is 0 Å². The molecule has 2 rings (SSSR count). The molecule has 0 bridgehead atoms. The summed E-state index contributed by atoms with van der Waals surface area (Å²) >= 11 is 0. The summed E-state index contributed by atoms with van der Waals surface area (Å²) in [5.41, 5.74) is 4.31. The van der Waals surface area contributed by atoms with E-state index in [4.69, 9.17) is 4.84 Å².